The monoisotopic (exact) mass is 296 g/mol. The van der Waals surface area contributed by atoms with Gasteiger partial charge in [0.2, 0.25) is 0 Å². The predicted molar refractivity (Wildman–Crippen MR) is 79.9 cm³/mol. The molecule has 1 aliphatic heterocycles. The molecule has 1 aromatic carbocycles. The molecule has 1 aromatic rings. The van der Waals surface area contributed by atoms with Gasteiger partial charge in [-0.2, -0.15) is 0 Å². The van der Waals surface area contributed by atoms with Gasteiger partial charge in [-0.1, -0.05) is 6.07 Å². The Morgan fingerprint density at radius 1 is 1.40 bits per heavy atom. The first-order valence-electron chi connectivity index (χ1n) is 6.77. The summed E-state index contributed by atoms with van der Waals surface area (Å²) in [6, 6.07) is 5.29. The molecule has 0 aliphatic carbocycles. The van der Waals surface area contributed by atoms with Crippen molar-refractivity contribution in [3.05, 3.63) is 29.3 Å². The molecular formula is C14H20N2O3S. The van der Waals surface area contributed by atoms with E-state index in [1.54, 1.807) is 6.07 Å². The van der Waals surface area contributed by atoms with Gasteiger partial charge in [0.15, 0.2) is 9.84 Å². The van der Waals surface area contributed by atoms with Crippen LogP contribution in [0, 0.1) is 6.92 Å². The van der Waals surface area contributed by atoms with Crippen LogP contribution in [0.3, 0.4) is 0 Å². The molecule has 1 atom stereocenters. The lowest BCUT2D eigenvalue weighted by atomic mass is 10.1. The van der Waals surface area contributed by atoms with Crippen molar-refractivity contribution in [2.45, 2.75) is 26.3 Å². The van der Waals surface area contributed by atoms with E-state index >= 15 is 0 Å². The molecule has 0 aromatic heterocycles. The number of nitrogens with one attached hydrogen (secondary N) is 2. The van der Waals surface area contributed by atoms with Crippen molar-refractivity contribution in [2.24, 2.45) is 0 Å². The fourth-order valence-corrected chi connectivity index (χ4v) is 4.04. The molecule has 2 N–H and O–H groups in total. The van der Waals surface area contributed by atoms with Crippen molar-refractivity contribution in [3.63, 3.8) is 0 Å². The highest BCUT2D eigenvalue weighted by molar-refractivity contribution is 7.91. The van der Waals surface area contributed by atoms with Crippen LogP contribution >= 0.6 is 0 Å². The van der Waals surface area contributed by atoms with E-state index in [0.29, 0.717) is 12.0 Å². The molecule has 1 amide bonds. The van der Waals surface area contributed by atoms with Gasteiger partial charge >= 0.3 is 0 Å². The van der Waals surface area contributed by atoms with Gasteiger partial charge in [0.25, 0.3) is 5.91 Å². The van der Waals surface area contributed by atoms with E-state index in [1.165, 1.54) is 0 Å². The normalized spacial score (nSPS) is 20.6. The standard InChI is InChI=1S/C14H20N2O3S/c1-3-15-13-8-10(2)4-5-12(13)14(17)16-11-6-7-20(18,19)9-11/h4-5,8,11,15H,3,6-7,9H2,1-2H3,(H,16,17). The Bertz CT molecular complexity index is 611. The first-order valence-corrected chi connectivity index (χ1v) is 8.59. The molecule has 20 heavy (non-hydrogen) atoms. The average Bonchev–Trinajstić information content (AvgIpc) is 2.69. The maximum absolute atomic E-state index is 12.3. The predicted octanol–water partition coefficient (Wildman–Crippen LogP) is 1.34. The Morgan fingerprint density at radius 2 is 2.15 bits per heavy atom. The number of carbonyl (C=O) groups is 1. The largest absolute Gasteiger partial charge is 0.385 e. The fourth-order valence-electron chi connectivity index (χ4n) is 2.36. The molecule has 0 bridgehead atoms. The molecule has 2 rings (SSSR count). The second kappa shape index (κ2) is 5.83. The molecule has 6 heteroatoms. The van der Waals surface area contributed by atoms with E-state index in [4.69, 9.17) is 0 Å². The highest BCUT2D eigenvalue weighted by Crippen LogP contribution is 2.19. The van der Waals surface area contributed by atoms with E-state index in [9.17, 15) is 13.2 Å². The molecule has 0 spiro atoms. The zero-order valence-electron chi connectivity index (χ0n) is 11.8. The lowest BCUT2D eigenvalue weighted by molar-refractivity contribution is 0.0942. The van der Waals surface area contributed by atoms with E-state index in [2.05, 4.69) is 10.6 Å². The number of rotatable bonds is 4. The van der Waals surface area contributed by atoms with Gasteiger partial charge in [-0.25, -0.2) is 8.42 Å². The summed E-state index contributed by atoms with van der Waals surface area (Å²) >= 11 is 0. The van der Waals surface area contributed by atoms with Gasteiger partial charge in [0.05, 0.1) is 17.1 Å². The lowest BCUT2D eigenvalue weighted by Gasteiger charge is -2.15. The quantitative estimate of drug-likeness (QED) is 0.879. The number of hydrogen-bond acceptors (Lipinski definition) is 4. The SMILES string of the molecule is CCNc1cc(C)ccc1C(=O)NC1CCS(=O)(=O)C1. The molecule has 1 aliphatic rings. The average molecular weight is 296 g/mol. The summed E-state index contributed by atoms with van der Waals surface area (Å²) in [5, 5.41) is 5.97. The van der Waals surface area contributed by atoms with Crippen molar-refractivity contribution in [1.29, 1.82) is 0 Å². The van der Waals surface area contributed by atoms with Crippen LogP contribution in [0.5, 0.6) is 0 Å². The highest BCUT2D eigenvalue weighted by Gasteiger charge is 2.29. The molecule has 0 saturated carbocycles. The Morgan fingerprint density at radius 3 is 2.75 bits per heavy atom. The summed E-state index contributed by atoms with van der Waals surface area (Å²) in [4.78, 5) is 12.3. The number of carbonyl (C=O) groups excluding carboxylic acids is 1. The minimum atomic E-state index is -2.98. The van der Waals surface area contributed by atoms with Crippen molar-refractivity contribution in [3.8, 4) is 0 Å². The number of amides is 1. The molecule has 1 saturated heterocycles. The maximum Gasteiger partial charge on any atom is 0.253 e. The van der Waals surface area contributed by atoms with Gasteiger partial charge in [-0.3, -0.25) is 4.79 Å². The van der Waals surface area contributed by atoms with Crippen LogP contribution in [-0.4, -0.2) is 38.4 Å². The fraction of sp³-hybridized carbons (Fsp3) is 0.500. The Labute approximate surface area is 119 Å². The zero-order valence-corrected chi connectivity index (χ0v) is 12.6. The number of aryl methyl sites for hydroxylation is 1. The van der Waals surface area contributed by atoms with Crippen LogP contribution in [0.15, 0.2) is 18.2 Å². The van der Waals surface area contributed by atoms with Crippen LogP contribution in [-0.2, 0) is 9.84 Å². The molecule has 1 fully saturated rings. The first-order chi connectivity index (χ1) is 9.41. The smallest absolute Gasteiger partial charge is 0.253 e. The maximum atomic E-state index is 12.3. The molecular weight excluding hydrogens is 276 g/mol. The third-order valence-corrected chi connectivity index (χ3v) is 5.12. The zero-order chi connectivity index (χ0) is 14.8. The summed E-state index contributed by atoms with van der Waals surface area (Å²) < 4.78 is 22.8. The Hall–Kier alpha value is -1.56. The van der Waals surface area contributed by atoms with Crippen LogP contribution < -0.4 is 10.6 Å². The van der Waals surface area contributed by atoms with E-state index < -0.39 is 9.84 Å². The minimum Gasteiger partial charge on any atom is -0.385 e. The summed E-state index contributed by atoms with van der Waals surface area (Å²) in [5.41, 5.74) is 2.41. The van der Waals surface area contributed by atoms with Crippen molar-refractivity contribution in [2.75, 3.05) is 23.4 Å². The third-order valence-electron chi connectivity index (χ3n) is 3.35. The van der Waals surface area contributed by atoms with Gasteiger partial charge in [-0.05, 0) is 38.0 Å². The van der Waals surface area contributed by atoms with E-state index in [0.717, 1.165) is 17.8 Å². The molecule has 110 valence electrons. The lowest BCUT2D eigenvalue weighted by Crippen LogP contribution is -2.36. The van der Waals surface area contributed by atoms with Crippen molar-refractivity contribution < 1.29 is 13.2 Å². The van der Waals surface area contributed by atoms with Gasteiger partial charge in [0.1, 0.15) is 0 Å². The van der Waals surface area contributed by atoms with Crippen LogP contribution in [0.2, 0.25) is 0 Å². The second-order valence-corrected chi connectivity index (χ2v) is 7.38. The summed E-state index contributed by atoms with van der Waals surface area (Å²) in [6.45, 7) is 4.65. The van der Waals surface area contributed by atoms with Crippen LogP contribution in [0.1, 0.15) is 29.3 Å². The van der Waals surface area contributed by atoms with Crippen LogP contribution in [0.25, 0.3) is 0 Å². The van der Waals surface area contributed by atoms with Gasteiger partial charge in [0, 0.05) is 18.3 Å². The molecule has 0 radical (unpaired) electrons. The van der Waals surface area contributed by atoms with Gasteiger partial charge < -0.3 is 10.6 Å². The van der Waals surface area contributed by atoms with Crippen molar-refractivity contribution >= 4 is 21.4 Å². The summed E-state index contributed by atoms with van der Waals surface area (Å²) in [6.07, 6.45) is 0.497. The summed E-state index contributed by atoms with van der Waals surface area (Å²) in [7, 11) is -2.98. The highest BCUT2D eigenvalue weighted by atomic mass is 32.2. The molecule has 1 unspecified atom stereocenters. The topological polar surface area (TPSA) is 75.3 Å². The number of anilines is 1. The molecule has 5 nitrogen and oxygen atoms in total. The Kier molecular flexibility index (Phi) is 4.32. The Balaban J connectivity index is 2.13. The first kappa shape index (κ1) is 14.8. The van der Waals surface area contributed by atoms with E-state index in [1.807, 2.05) is 26.0 Å². The number of sulfone groups is 1. The third kappa shape index (κ3) is 3.50. The number of hydrogen-bond donors (Lipinski definition) is 2. The van der Waals surface area contributed by atoms with Crippen molar-refractivity contribution in [1.82, 2.24) is 5.32 Å². The summed E-state index contributed by atoms with van der Waals surface area (Å²) in [5.74, 6) is -0.0180. The molecule has 1 heterocycles. The minimum absolute atomic E-state index is 0.0428. The van der Waals surface area contributed by atoms with Crippen LogP contribution in [0.4, 0.5) is 5.69 Å². The second-order valence-electron chi connectivity index (χ2n) is 5.15. The number of benzene rings is 1. The van der Waals surface area contributed by atoms with E-state index in [-0.39, 0.29) is 23.5 Å². The van der Waals surface area contributed by atoms with Gasteiger partial charge in [-0.15, -0.1) is 0 Å².